The van der Waals surface area contributed by atoms with Crippen LogP contribution >= 0.6 is 0 Å². The van der Waals surface area contributed by atoms with Crippen LogP contribution in [-0.4, -0.2) is 37.6 Å². The van der Waals surface area contributed by atoms with Crippen molar-refractivity contribution in [2.75, 3.05) is 20.7 Å². The predicted molar refractivity (Wildman–Crippen MR) is 72.6 cm³/mol. The third-order valence-corrected chi connectivity index (χ3v) is 2.84. The summed E-state index contributed by atoms with van der Waals surface area (Å²) in [5.41, 5.74) is 0.780. The average Bonchev–Trinajstić information content (AvgIpc) is 2.34. The molecule has 0 saturated heterocycles. The minimum absolute atomic E-state index is 0.0862. The van der Waals surface area contributed by atoms with Gasteiger partial charge in [-0.25, -0.2) is 4.39 Å². The van der Waals surface area contributed by atoms with E-state index in [2.05, 4.69) is 5.32 Å². The van der Waals surface area contributed by atoms with Crippen molar-refractivity contribution in [1.82, 2.24) is 10.2 Å². The summed E-state index contributed by atoms with van der Waals surface area (Å²) < 4.78 is 18.7. The molecule has 0 heterocycles. The Labute approximate surface area is 113 Å². The van der Waals surface area contributed by atoms with E-state index in [0.717, 1.165) is 5.56 Å². The molecule has 1 rings (SSSR count). The lowest BCUT2D eigenvalue weighted by Gasteiger charge is -2.21. The van der Waals surface area contributed by atoms with E-state index in [4.69, 9.17) is 4.74 Å². The Morgan fingerprint density at radius 2 is 2.11 bits per heavy atom. The summed E-state index contributed by atoms with van der Waals surface area (Å²) in [6.07, 6.45) is 0. The van der Waals surface area contributed by atoms with Crippen LogP contribution in [-0.2, 0) is 11.3 Å². The third kappa shape index (κ3) is 4.87. The second kappa shape index (κ2) is 7.09. The number of carbonyl (C=O) groups is 1. The maximum Gasteiger partial charge on any atom is 0.260 e. The molecule has 0 unspecified atom stereocenters. The molecule has 1 amide bonds. The number of benzene rings is 1. The molecule has 0 aliphatic rings. The number of amides is 1. The van der Waals surface area contributed by atoms with Crippen LogP contribution in [0, 0.1) is 5.82 Å². The lowest BCUT2D eigenvalue weighted by molar-refractivity contribution is -0.133. The second-order valence-corrected chi connectivity index (χ2v) is 4.71. The number of nitrogens with one attached hydrogen (secondary N) is 1. The fourth-order valence-electron chi connectivity index (χ4n) is 1.55. The Bertz CT molecular complexity index is 435. The minimum atomic E-state index is -0.368. The highest BCUT2D eigenvalue weighted by atomic mass is 19.1. The van der Waals surface area contributed by atoms with E-state index in [1.165, 1.54) is 12.1 Å². The van der Waals surface area contributed by atoms with Crippen LogP contribution in [0.3, 0.4) is 0 Å². The van der Waals surface area contributed by atoms with Gasteiger partial charge in [0.25, 0.3) is 5.91 Å². The Morgan fingerprint density at radius 3 is 2.68 bits per heavy atom. The summed E-state index contributed by atoms with van der Waals surface area (Å²) in [5.74, 6) is -0.127. The molecule has 0 bridgehead atoms. The number of carbonyl (C=O) groups excluding carboxylic acids is 1. The van der Waals surface area contributed by atoms with Crippen LogP contribution in [0.1, 0.15) is 19.4 Å². The summed E-state index contributed by atoms with van der Waals surface area (Å²) in [6, 6.07) is 4.55. The highest BCUT2D eigenvalue weighted by Crippen LogP contribution is 2.16. The summed E-state index contributed by atoms with van der Waals surface area (Å²) in [5, 5.41) is 2.94. The van der Waals surface area contributed by atoms with Gasteiger partial charge in [-0.05, 0) is 38.6 Å². The first-order chi connectivity index (χ1) is 8.93. The zero-order valence-electron chi connectivity index (χ0n) is 11.9. The SMILES string of the molecule is CNCc1cc(F)cc(OCC(=O)N(C)C(C)C)c1. The smallest absolute Gasteiger partial charge is 0.260 e. The molecule has 1 aromatic carbocycles. The molecule has 19 heavy (non-hydrogen) atoms. The van der Waals surface area contributed by atoms with Gasteiger partial charge >= 0.3 is 0 Å². The van der Waals surface area contributed by atoms with E-state index in [9.17, 15) is 9.18 Å². The topological polar surface area (TPSA) is 41.6 Å². The Balaban J connectivity index is 2.64. The van der Waals surface area contributed by atoms with E-state index in [1.54, 1.807) is 25.1 Å². The van der Waals surface area contributed by atoms with Gasteiger partial charge < -0.3 is 15.0 Å². The van der Waals surface area contributed by atoms with Crippen LogP contribution in [0.5, 0.6) is 5.75 Å². The van der Waals surface area contributed by atoms with E-state index < -0.39 is 0 Å². The van der Waals surface area contributed by atoms with Crippen LogP contribution < -0.4 is 10.1 Å². The number of ether oxygens (including phenoxy) is 1. The molecule has 5 heteroatoms. The van der Waals surface area contributed by atoms with Gasteiger partial charge in [0.15, 0.2) is 6.61 Å². The molecule has 106 valence electrons. The van der Waals surface area contributed by atoms with E-state index in [1.807, 2.05) is 13.8 Å². The van der Waals surface area contributed by atoms with E-state index in [0.29, 0.717) is 12.3 Å². The predicted octanol–water partition coefficient (Wildman–Crippen LogP) is 1.79. The van der Waals surface area contributed by atoms with Gasteiger partial charge in [0.1, 0.15) is 11.6 Å². The zero-order valence-corrected chi connectivity index (χ0v) is 11.9. The first-order valence-electron chi connectivity index (χ1n) is 6.26. The van der Waals surface area contributed by atoms with Crippen LogP contribution in [0.25, 0.3) is 0 Å². The number of rotatable bonds is 6. The van der Waals surface area contributed by atoms with Crippen molar-refractivity contribution in [2.45, 2.75) is 26.4 Å². The quantitative estimate of drug-likeness (QED) is 0.855. The van der Waals surface area contributed by atoms with Crippen molar-refractivity contribution in [3.8, 4) is 5.75 Å². The fourth-order valence-corrected chi connectivity index (χ4v) is 1.55. The van der Waals surface area contributed by atoms with Gasteiger partial charge in [-0.15, -0.1) is 0 Å². The molecule has 0 fully saturated rings. The normalized spacial score (nSPS) is 10.6. The van der Waals surface area contributed by atoms with Crippen LogP contribution in [0.4, 0.5) is 4.39 Å². The number of hydrogen-bond acceptors (Lipinski definition) is 3. The first-order valence-corrected chi connectivity index (χ1v) is 6.26. The summed E-state index contributed by atoms with van der Waals surface area (Å²) in [7, 11) is 3.50. The van der Waals surface area contributed by atoms with Crippen molar-refractivity contribution in [1.29, 1.82) is 0 Å². The molecule has 0 saturated carbocycles. The summed E-state index contributed by atoms with van der Waals surface area (Å²) >= 11 is 0. The van der Waals surface area contributed by atoms with Crippen molar-refractivity contribution >= 4 is 5.91 Å². The molecular formula is C14H21FN2O2. The molecule has 0 atom stereocenters. The Kier molecular flexibility index (Phi) is 5.76. The van der Waals surface area contributed by atoms with Gasteiger partial charge in [0.05, 0.1) is 0 Å². The monoisotopic (exact) mass is 268 g/mol. The number of nitrogens with zero attached hydrogens (tertiary/aromatic N) is 1. The van der Waals surface area contributed by atoms with E-state index >= 15 is 0 Å². The average molecular weight is 268 g/mol. The molecule has 0 spiro atoms. The van der Waals surface area contributed by atoms with Crippen molar-refractivity contribution in [3.63, 3.8) is 0 Å². The maximum absolute atomic E-state index is 13.4. The van der Waals surface area contributed by atoms with Gasteiger partial charge in [-0.2, -0.15) is 0 Å². The zero-order chi connectivity index (χ0) is 14.4. The molecule has 0 radical (unpaired) electrons. The molecule has 4 nitrogen and oxygen atoms in total. The third-order valence-electron chi connectivity index (χ3n) is 2.84. The van der Waals surface area contributed by atoms with Crippen LogP contribution in [0.15, 0.2) is 18.2 Å². The maximum atomic E-state index is 13.4. The minimum Gasteiger partial charge on any atom is -0.484 e. The fraction of sp³-hybridized carbons (Fsp3) is 0.500. The molecule has 1 N–H and O–H groups in total. The second-order valence-electron chi connectivity index (χ2n) is 4.71. The van der Waals surface area contributed by atoms with Gasteiger partial charge in [0.2, 0.25) is 0 Å². The van der Waals surface area contributed by atoms with Crippen LogP contribution in [0.2, 0.25) is 0 Å². The van der Waals surface area contributed by atoms with Gasteiger partial charge in [-0.3, -0.25) is 4.79 Å². The highest BCUT2D eigenvalue weighted by molar-refractivity contribution is 5.77. The van der Waals surface area contributed by atoms with Crippen molar-refractivity contribution in [3.05, 3.63) is 29.6 Å². The molecular weight excluding hydrogens is 247 g/mol. The summed E-state index contributed by atoms with van der Waals surface area (Å²) in [6.45, 7) is 4.31. The van der Waals surface area contributed by atoms with Crippen molar-refractivity contribution < 1.29 is 13.9 Å². The highest BCUT2D eigenvalue weighted by Gasteiger charge is 2.12. The van der Waals surface area contributed by atoms with Gasteiger partial charge in [0, 0.05) is 25.7 Å². The number of likely N-dealkylation sites (N-methyl/N-ethyl adjacent to an activating group) is 1. The molecule has 1 aromatic rings. The number of hydrogen-bond donors (Lipinski definition) is 1. The van der Waals surface area contributed by atoms with E-state index in [-0.39, 0.29) is 24.4 Å². The standard InChI is InChI=1S/C14H21FN2O2/c1-10(2)17(4)14(18)9-19-13-6-11(8-16-3)5-12(15)7-13/h5-7,10,16H,8-9H2,1-4H3. The molecule has 0 aliphatic heterocycles. The molecule has 0 aromatic heterocycles. The van der Waals surface area contributed by atoms with Crippen molar-refractivity contribution in [2.24, 2.45) is 0 Å². The molecule has 0 aliphatic carbocycles. The number of halogens is 1. The Morgan fingerprint density at radius 1 is 1.42 bits per heavy atom. The van der Waals surface area contributed by atoms with Gasteiger partial charge in [-0.1, -0.05) is 0 Å². The summed E-state index contributed by atoms with van der Waals surface area (Å²) in [4.78, 5) is 13.3. The lowest BCUT2D eigenvalue weighted by atomic mass is 10.2. The lowest BCUT2D eigenvalue weighted by Crippen LogP contribution is -2.36. The Hall–Kier alpha value is -1.62. The largest absolute Gasteiger partial charge is 0.484 e. The first kappa shape index (κ1) is 15.4.